The Balaban J connectivity index is 2.53. The van der Waals surface area contributed by atoms with Crippen molar-refractivity contribution in [2.45, 2.75) is 6.92 Å². The lowest BCUT2D eigenvalue weighted by molar-refractivity contribution is 0.476. The van der Waals surface area contributed by atoms with Gasteiger partial charge in [-0.2, -0.15) is 0 Å². The first-order valence-corrected chi connectivity index (χ1v) is 4.95. The first-order valence-electron chi connectivity index (χ1n) is 4.95. The van der Waals surface area contributed by atoms with Crippen molar-refractivity contribution in [3.05, 3.63) is 42.1 Å². The molecule has 2 heteroatoms. The van der Waals surface area contributed by atoms with Gasteiger partial charge in [-0.3, -0.25) is 0 Å². The first kappa shape index (κ1) is 8.36. The van der Waals surface area contributed by atoms with E-state index in [4.69, 9.17) is 0 Å². The maximum atomic E-state index is 9.40. The molecular weight excluding hydrogens is 186 g/mol. The fourth-order valence-electron chi connectivity index (χ4n) is 2.07. The van der Waals surface area contributed by atoms with Gasteiger partial charge >= 0.3 is 0 Å². The van der Waals surface area contributed by atoms with Gasteiger partial charge in [-0.25, -0.2) is 0 Å². The van der Waals surface area contributed by atoms with Crippen LogP contribution in [0.25, 0.3) is 21.7 Å². The van der Waals surface area contributed by atoms with Crippen LogP contribution < -0.4 is 0 Å². The fraction of sp³-hybridized carbons (Fsp3) is 0.0769. The van der Waals surface area contributed by atoms with E-state index in [1.807, 2.05) is 25.1 Å². The number of nitrogens with one attached hydrogen (secondary N) is 1. The smallest absolute Gasteiger partial charge is 0.116 e. The fourth-order valence-corrected chi connectivity index (χ4v) is 2.07. The zero-order valence-corrected chi connectivity index (χ0v) is 8.41. The molecule has 1 aromatic heterocycles. The number of H-pyrrole nitrogens is 1. The molecule has 0 aliphatic heterocycles. The zero-order valence-electron chi connectivity index (χ0n) is 8.41. The third-order valence-electron chi connectivity index (χ3n) is 2.74. The number of fused-ring (bicyclic) bond motifs is 3. The van der Waals surface area contributed by atoms with E-state index in [0.29, 0.717) is 5.75 Å². The number of phenolic OH excluding ortho intramolecular Hbond substituents is 1. The van der Waals surface area contributed by atoms with Gasteiger partial charge in [-0.15, -0.1) is 0 Å². The summed E-state index contributed by atoms with van der Waals surface area (Å²) in [7, 11) is 0. The van der Waals surface area contributed by atoms with Crippen LogP contribution in [0, 0.1) is 6.92 Å². The summed E-state index contributed by atoms with van der Waals surface area (Å²) in [6.07, 6.45) is 0. The highest BCUT2D eigenvalue weighted by Gasteiger charge is 2.03. The van der Waals surface area contributed by atoms with Crippen molar-refractivity contribution in [1.29, 1.82) is 0 Å². The molecule has 0 spiro atoms. The van der Waals surface area contributed by atoms with E-state index in [1.54, 1.807) is 12.1 Å². The van der Waals surface area contributed by atoms with Crippen molar-refractivity contribution in [1.82, 2.24) is 4.98 Å². The van der Waals surface area contributed by atoms with Crippen LogP contribution in [-0.2, 0) is 0 Å². The summed E-state index contributed by atoms with van der Waals surface area (Å²) in [6, 6.07) is 11.7. The van der Waals surface area contributed by atoms with Crippen molar-refractivity contribution in [2.75, 3.05) is 0 Å². The number of hydrogen-bond donors (Lipinski definition) is 2. The molecule has 2 N–H and O–H groups in total. The number of rotatable bonds is 0. The average molecular weight is 197 g/mol. The Morgan fingerprint density at radius 1 is 1.00 bits per heavy atom. The van der Waals surface area contributed by atoms with Crippen LogP contribution >= 0.6 is 0 Å². The van der Waals surface area contributed by atoms with Crippen LogP contribution in [-0.4, -0.2) is 10.1 Å². The summed E-state index contributed by atoms with van der Waals surface area (Å²) in [5, 5.41) is 12.9. The highest BCUT2D eigenvalue weighted by molar-refractivity contribution is 6.07. The number of hydrogen-bond acceptors (Lipinski definition) is 1. The lowest BCUT2D eigenvalue weighted by Gasteiger charge is -2.00. The molecule has 3 rings (SSSR count). The quantitative estimate of drug-likeness (QED) is 0.569. The third kappa shape index (κ3) is 1.18. The van der Waals surface area contributed by atoms with E-state index in [0.717, 1.165) is 16.6 Å². The zero-order chi connectivity index (χ0) is 10.4. The largest absolute Gasteiger partial charge is 0.508 e. The molecule has 2 aromatic carbocycles. The van der Waals surface area contributed by atoms with Crippen LogP contribution in [0.15, 0.2) is 36.4 Å². The minimum absolute atomic E-state index is 0.314. The molecule has 0 amide bonds. The van der Waals surface area contributed by atoms with Crippen molar-refractivity contribution in [2.24, 2.45) is 0 Å². The highest BCUT2D eigenvalue weighted by atomic mass is 16.3. The number of aryl methyl sites for hydroxylation is 1. The summed E-state index contributed by atoms with van der Waals surface area (Å²) >= 11 is 0. The van der Waals surface area contributed by atoms with Gasteiger partial charge in [0.25, 0.3) is 0 Å². The van der Waals surface area contributed by atoms with Gasteiger partial charge in [0.2, 0.25) is 0 Å². The molecule has 0 bridgehead atoms. The van der Waals surface area contributed by atoms with Gasteiger partial charge in [-0.05, 0) is 42.0 Å². The molecule has 0 saturated heterocycles. The summed E-state index contributed by atoms with van der Waals surface area (Å²) in [5.41, 5.74) is 2.30. The second kappa shape index (κ2) is 2.76. The van der Waals surface area contributed by atoms with E-state index < -0.39 is 0 Å². The maximum Gasteiger partial charge on any atom is 0.116 e. The lowest BCUT2D eigenvalue weighted by atomic mass is 10.1. The topological polar surface area (TPSA) is 36.0 Å². The molecule has 3 aromatic rings. The van der Waals surface area contributed by atoms with Crippen LogP contribution in [0.1, 0.15) is 5.69 Å². The molecule has 0 aliphatic rings. The van der Waals surface area contributed by atoms with E-state index in [2.05, 4.69) is 11.1 Å². The summed E-state index contributed by atoms with van der Waals surface area (Å²) in [4.78, 5) is 3.30. The van der Waals surface area contributed by atoms with Crippen molar-refractivity contribution in [3.63, 3.8) is 0 Å². The summed E-state index contributed by atoms with van der Waals surface area (Å²) < 4.78 is 0. The Kier molecular flexibility index (Phi) is 1.54. The maximum absolute atomic E-state index is 9.40. The third-order valence-corrected chi connectivity index (χ3v) is 2.74. The van der Waals surface area contributed by atoms with E-state index >= 15 is 0 Å². The highest BCUT2D eigenvalue weighted by Crippen LogP contribution is 2.28. The second-order valence-electron chi connectivity index (χ2n) is 3.88. The van der Waals surface area contributed by atoms with Crippen LogP contribution in [0.4, 0.5) is 0 Å². The van der Waals surface area contributed by atoms with Gasteiger partial charge < -0.3 is 10.1 Å². The standard InChI is InChI=1S/C13H11NO/c1-8-6-12-11-4-3-10(15)7-9(11)2-5-13(12)14-8/h2-7,14-15H,1H3. The minimum Gasteiger partial charge on any atom is -0.508 e. The van der Waals surface area contributed by atoms with Gasteiger partial charge in [0.1, 0.15) is 5.75 Å². The number of aromatic hydroxyl groups is 1. The SMILES string of the molecule is Cc1cc2c(ccc3cc(O)ccc32)[nH]1. The van der Waals surface area contributed by atoms with Crippen LogP contribution in [0.3, 0.4) is 0 Å². The number of aromatic amines is 1. The van der Waals surface area contributed by atoms with Crippen molar-refractivity contribution >= 4 is 21.7 Å². The summed E-state index contributed by atoms with van der Waals surface area (Å²) in [6.45, 7) is 2.05. The second-order valence-corrected chi connectivity index (χ2v) is 3.88. The van der Waals surface area contributed by atoms with Gasteiger partial charge in [0.15, 0.2) is 0 Å². The van der Waals surface area contributed by atoms with Gasteiger partial charge in [-0.1, -0.05) is 12.1 Å². The molecule has 0 unspecified atom stereocenters. The molecule has 1 heterocycles. The Morgan fingerprint density at radius 3 is 2.73 bits per heavy atom. The van der Waals surface area contributed by atoms with Crippen LogP contribution in [0.5, 0.6) is 5.75 Å². The van der Waals surface area contributed by atoms with E-state index in [-0.39, 0.29) is 0 Å². The molecule has 0 saturated carbocycles. The predicted octanol–water partition coefficient (Wildman–Crippen LogP) is 3.34. The lowest BCUT2D eigenvalue weighted by Crippen LogP contribution is -1.74. The van der Waals surface area contributed by atoms with Gasteiger partial charge in [0.05, 0.1) is 0 Å². The van der Waals surface area contributed by atoms with Gasteiger partial charge in [0, 0.05) is 16.6 Å². The summed E-state index contributed by atoms with van der Waals surface area (Å²) in [5.74, 6) is 0.314. The Morgan fingerprint density at radius 2 is 1.87 bits per heavy atom. The molecule has 0 aliphatic carbocycles. The Bertz CT molecular complexity index is 652. The average Bonchev–Trinajstić information content (AvgIpc) is 2.58. The molecule has 2 nitrogen and oxygen atoms in total. The van der Waals surface area contributed by atoms with Crippen LogP contribution in [0.2, 0.25) is 0 Å². The van der Waals surface area contributed by atoms with Crippen molar-refractivity contribution in [3.8, 4) is 5.75 Å². The van der Waals surface area contributed by atoms with E-state index in [9.17, 15) is 5.11 Å². The number of aromatic nitrogens is 1. The number of benzene rings is 2. The predicted molar refractivity (Wildman–Crippen MR) is 62.2 cm³/mol. The van der Waals surface area contributed by atoms with E-state index in [1.165, 1.54) is 10.8 Å². The molecule has 0 atom stereocenters. The molecule has 74 valence electrons. The Hall–Kier alpha value is -1.96. The first-order chi connectivity index (χ1) is 7.24. The van der Waals surface area contributed by atoms with Crippen molar-refractivity contribution < 1.29 is 5.11 Å². The number of phenols is 1. The minimum atomic E-state index is 0.314. The molecule has 15 heavy (non-hydrogen) atoms. The molecule has 0 radical (unpaired) electrons. The molecular formula is C13H11NO. The monoisotopic (exact) mass is 197 g/mol. The Labute approximate surface area is 87.2 Å². The molecule has 0 fully saturated rings. The normalized spacial score (nSPS) is 11.3.